The van der Waals surface area contributed by atoms with Crippen LogP contribution in [0.3, 0.4) is 0 Å². The second-order valence-electron chi connectivity index (χ2n) is 5.00. The fourth-order valence-electron chi connectivity index (χ4n) is 2.43. The standard InChI is InChI=1S/C12H20N4/c1-5-13-16(6-1)9-8-15-7-4-12(10-15)14-11-2-3-11/h1,5-6,11-12,14H,2-4,7-10H2. The predicted molar refractivity (Wildman–Crippen MR) is 63.2 cm³/mol. The number of rotatable bonds is 5. The molecule has 0 bridgehead atoms. The molecule has 1 saturated carbocycles. The van der Waals surface area contributed by atoms with Crippen LogP contribution in [0, 0.1) is 0 Å². The van der Waals surface area contributed by atoms with Crippen LogP contribution in [0.25, 0.3) is 0 Å². The summed E-state index contributed by atoms with van der Waals surface area (Å²) >= 11 is 0. The van der Waals surface area contributed by atoms with Gasteiger partial charge in [-0.1, -0.05) is 0 Å². The number of hydrogen-bond acceptors (Lipinski definition) is 3. The molecule has 2 fully saturated rings. The smallest absolute Gasteiger partial charge is 0.0536 e. The van der Waals surface area contributed by atoms with Gasteiger partial charge in [0.1, 0.15) is 0 Å². The molecule has 1 aliphatic heterocycles. The Morgan fingerprint density at radius 3 is 2.88 bits per heavy atom. The molecule has 0 aromatic carbocycles. The van der Waals surface area contributed by atoms with Crippen molar-refractivity contribution in [2.75, 3.05) is 19.6 Å². The molecule has 1 atom stereocenters. The van der Waals surface area contributed by atoms with Crippen molar-refractivity contribution in [1.29, 1.82) is 0 Å². The first-order valence-electron chi connectivity index (χ1n) is 6.36. The Morgan fingerprint density at radius 2 is 2.12 bits per heavy atom. The molecule has 1 aromatic heterocycles. The van der Waals surface area contributed by atoms with Crippen LogP contribution in [-0.2, 0) is 6.54 Å². The minimum Gasteiger partial charge on any atom is -0.310 e. The largest absolute Gasteiger partial charge is 0.310 e. The molecule has 1 aliphatic carbocycles. The molecule has 4 nitrogen and oxygen atoms in total. The lowest BCUT2D eigenvalue weighted by Gasteiger charge is -2.16. The van der Waals surface area contributed by atoms with E-state index in [1.165, 1.54) is 32.4 Å². The zero-order valence-corrected chi connectivity index (χ0v) is 9.68. The van der Waals surface area contributed by atoms with Crippen molar-refractivity contribution in [2.45, 2.75) is 37.9 Å². The van der Waals surface area contributed by atoms with Crippen molar-refractivity contribution in [1.82, 2.24) is 20.0 Å². The number of nitrogens with one attached hydrogen (secondary N) is 1. The zero-order valence-electron chi connectivity index (χ0n) is 9.68. The first-order valence-corrected chi connectivity index (χ1v) is 6.36. The second-order valence-corrected chi connectivity index (χ2v) is 5.00. The molecule has 16 heavy (non-hydrogen) atoms. The monoisotopic (exact) mass is 220 g/mol. The molecule has 2 aliphatic rings. The first kappa shape index (κ1) is 10.3. The molecule has 0 spiro atoms. The van der Waals surface area contributed by atoms with E-state index < -0.39 is 0 Å². The molecule has 3 rings (SSSR count). The summed E-state index contributed by atoms with van der Waals surface area (Å²) in [5.41, 5.74) is 0. The summed E-state index contributed by atoms with van der Waals surface area (Å²) in [6.45, 7) is 4.61. The van der Waals surface area contributed by atoms with Crippen LogP contribution in [0.5, 0.6) is 0 Å². The predicted octanol–water partition coefficient (Wildman–Crippen LogP) is 0.709. The van der Waals surface area contributed by atoms with Crippen molar-refractivity contribution in [3.63, 3.8) is 0 Å². The molecule has 88 valence electrons. The maximum Gasteiger partial charge on any atom is 0.0536 e. The van der Waals surface area contributed by atoms with Crippen molar-refractivity contribution in [2.24, 2.45) is 0 Å². The van der Waals surface area contributed by atoms with Crippen LogP contribution < -0.4 is 5.32 Å². The van der Waals surface area contributed by atoms with E-state index in [9.17, 15) is 0 Å². The van der Waals surface area contributed by atoms with Gasteiger partial charge in [-0.3, -0.25) is 9.58 Å². The Morgan fingerprint density at radius 1 is 1.19 bits per heavy atom. The summed E-state index contributed by atoms with van der Waals surface area (Å²) in [6, 6.07) is 3.57. The van der Waals surface area contributed by atoms with E-state index >= 15 is 0 Å². The summed E-state index contributed by atoms with van der Waals surface area (Å²) in [4.78, 5) is 2.54. The van der Waals surface area contributed by atoms with Gasteiger partial charge < -0.3 is 5.32 Å². The lowest BCUT2D eigenvalue weighted by molar-refractivity contribution is 0.306. The average molecular weight is 220 g/mol. The van der Waals surface area contributed by atoms with Gasteiger partial charge in [-0.15, -0.1) is 0 Å². The van der Waals surface area contributed by atoms with Crippen LogP contribution >= 0.6 is 0 Å². The van der Waals surface area contributed by atoms with Gasteiger partial charge >= 0.3 is 0 Å². The number of aromatic nitrogens is 2. The Labute approximate surface area is 96.6 Å². The molecule has 0 amide bonds. The van der Waals surface area contributed by atoms with Gasteiger partial charge in [0.15, 0.2) is 0 Å². The molecule has 1 aromatic rings. The van der Waals surface area contributed by atoms with Crippen LogP contribution in [0.4, 0.5) is 0 Å². The van der Waals surface area contributed by atoms with E-state index in [0.717, 1.165) is 25.2 Å². The van der Waals surface area contributed by atoms with E-state index in [1.807, 2.05) is 23.1 Å². The molecule has 2 heterocycles. The molecule has 0 radical (unpaired) electrons. The van der Waals surface area contributed by atoms with Crippen LogP contribution in [0.15, 0.2) is 18.5 Å². The maximum atomic E-state index is 4.23. The number of hydrogen-bond donors (Lipinski definition) is 1. The Hall–Kier alpha value is -0.870. The highest BCUT2D eigenvalue weighted by atomic mass is 15.3. The topological polar surface area (TPSA) is 33.1 Å². The number of likely N-dealkylation sites (tertiary alicyclic amines) is 1. The minimum absolute atomic E-state index is 0.741. The fraction of sp³-hybridized carbons (Fsp3) is 0.750. The highest BCUT2D eigenvalue weighted by Crippen LogP contribution is 2.21. The summed E-state index contributed by atoms with van der Waals surface area (Å²) < 4.78 is 2.02. The maximum absolute atomic E-state index is 4.23. The normalized spacial score (nSPS) is 26.4. The van der Waals surface area contributed by atoms with E-state index in [-0.39, 0.29) is 0 Å². The highest BCUT2D eigenvalue weighted by molar-refractivity contribution is 4.89. The third-order valence-corrected chi connectivity index (χ3v) is 3.53. The summed E-state index contributed by atoms with van der Waals surface area (Å²) in [6.07, 6.45) is 7.99. The fourth-order valence-corrected chi connectivity index (χ4v) is 2.43. The molecular weight excluding hydrogens is 200 g/mol. The summed E-state index contributed by atoms with van der Waals surface area (Å²) in [7, 11) is 0. The van der Waals surface area contributed by atoms with Gasteiger partial charge in [0, 0.05) is 37.6 Å². The Bertz CT molecular complexity index is 318. The van der Waals surface area contributed by atoms with E-state index in [4.69, 9.17) is 0 Å². The first-order chi connectivity index (χ1) is 7.90. The average Bonchev–Trinajstić information content (AvgIpc) is 2.81. The van der Waals surface area contributed by atoms with Crippen molar-refractivity contribution in [3.8, 4) is 0 Å². The minimum atomic E-state index is 0.741. The van der Waals surface area contributed by atoms with Crippen molar-refractivity contribution in [3.05, 3.63) is 18.5 Å². The SMILES string of the molecule is c1cnn(CCN2CCC(NC3CC3)C2)c1. The third-order valence-electron chi connectivity index (χ3n) is 3.53. The lowest BCUT2D eigenvalue weighted by atomic mass is 10.2. The summed E-state index contributed by atoms with van der Waals surface area (Å²) in [5, 5.41) is 7.94. The van der Waals surface area contributed by atoms with E-state index in [1.54, 1.807) is 0 Å². The van der Waals surface area contributed by atoms with Gasteiger partial charge in [-0.2, -0.15) is 5.10 Å². The second kappa shape index (κ2) is 4.55. The van der Waals surface area contributed by atoms with E-state index in [0.29, 0.717) is 0 Å². The van der Waals surface area contributed by atoms with Crippen molar-refractivity contribution >= 4 is 0 Å². The molecular formula is C12H20N4. The Balaban J connectivity index is 1.39. The molecule has 4 heteroatoms. The number of nitrogens with zero attached hydrogens (tertiary/aromatic N) is 3. The van der Waals surface area contributed by atoms with Crippen LogP contribution in [0.2, 0.25) is 0 Å². The highest BCUT2D eigenvalue weighted by Gasteiger charge is 2.28. The van der Waals surface area contributed by atoms with Gasteiger partial charge in [-0.25, -0.2) is 0 Å². The Kier molecular flexibility index (Phi) is 2.93. The van der Waals surface area contributed by atoms with Crippen molar-refractivity contribution < 1.29 is 0 Å². The zero-order chi connectivity index (χ0) is 10.8. The third kappa shape index (κ3) is 2.62. The molecule has 1 N–H and O–H groups in total. The van der Waals surface area contributed by atoms with Gasteiger partial charge in [-0.05, 0) is 31.9 Å². The summed E-state index contributed by atoms with van der Waals surface area (Å²) in [5.74, 6) is 0. The lowest BCUT2D eigenvalue weighted by Crippen LogP contribution is -2.34. The van der Waals surface area contributed by atoms with Crippen LogP contribution in [-0.4, -0.2) is 46.4 Å². The van der Waals surface area contributed by atoms with Gasteiger partial charge in [0.2, 0.25) is 0 Å². The quantitative estimate of drug-likeness (QED) is 0.793. The molecule has 1 unspecified atom stereocenters. The van der Waals surface area contributed by atoms with Gasteiger partial charge in [0.05, 0.1) is 6.54 Å². The van der Waals surface area contributed by atoms with Crippen LogP contribution in [0.1, 0.15) is 19.3 Å². The van der Waals surface area contributed by atoms with E-state index in [2.05, 4.69) is 15.3 Å². The molecule has 1 saturated heterocycles. The van der Waals surface area contributed by atoms with Gasteiger partial charge in [0.25, 0.3) is 0 Å².